The molecule has 1 aliphatic rings. The Labute approximate surface area is 141 Å². The van der Waals surface area contributed by atoms with Crippen molar-refractivity contribution in [1.82, 2.24) is 10.2 Å². The summed E-state index contributed by atoms with van der Waals surface area (Å²) in [4.78, 5) is 24.7. The van der Waals surface area contributed by atoms with Crippen molar-refractivity contribution in [3.05, 3.63) is 35.9 Å². The van der Waals surface area contributed by atoms with Gasteiger partial charge in [-0.15, -0.1) is 0 Å². The van der Waals surface area contributed by atoms with Gasteiger partial charge in [0.1, 0.15) is 6.61 Å². The number of nitrogens with one attached hydrogen (secondary N) is 1. The summed E-state index contributed by atoms with van der Waals surface area (Å²) in [6, 6.07) is 9.21. The molecule has 0 radical (unpaired) electrons. The average Bonchev–Trinajstić information content (AvgIpc) is 2.53. The van der Waals surface area contributed by atoms with Crippen LogP contribution >= 0.6 is 0 Å². The average molecular weight is 336 g/mol. The van der Waals surface area contributed by atoms with Crippen LogP contribution in [0.2, 0.25) is 0 Å². The number of ether oxygens (including phenoxy) is 1. The van der Waals surface area contributed by atoms with Gasteiger partial charge in [0.2, 0.25) is 0 Å². The molecule has 0 bridgehead atoms. The fourth-order valence-corrected chi connectivity index (χ4v) is 3.05. The number of aliphatic hydroxyl groups excluding tert-OH is 1. The molecule has 1 fully saturated rings. The Morgan fingerprint density at radius 1 is 1.25 bits per heavy atom. The number of rotatable bonds is 7. The number of amides is 1. The minimum absolute atomic E-state index is 0.0523. The molecule has 1 saturated heterocycles. The van der Waals surface area contributed by atoms with E-state index in [4.69, 9.17) is 14.9 Å². The third-order valence-electron chi connectivity index (χ3n) is 4.04. The predicted octanol–water partition coefficient (Wildman–Crippen LogP) is 1.07. The fourth-order valence-electron chi connectivity index (χ4n) is 3.05. The zero-order valence-electron chi connectivity index (χ0n) is 13.6. The molecule has 1 heterocycles. The Bertz CT molecular complexity index is 537. The standard InChI is InChI=1S/C17H24N2O5/c20-7-6-14-8-15(10-19(9-14)11-16(21)22)18-17(23)24-12-13-4-2-1-3-5-13/h1-5,14-15,20H,6-12H2,(H,18,23)(H,21,22). The number of carbonyl (C=O) groups excluding carboxylic acids is 1. The fraction of sp³-hybridized carbons (Fsp3) is 0.529. The lowest BCUT2D eigenvalue weighted by Crippen LogP contribution is -2.52. The molecule has 0 saturated carbocycles. The molecule has 0 spiro atoms. The first-order chi connectivity index (χ1) is 11.6. The first-order valence-corrected chi connectivity index (χ1v) is 8.09. The number of likely N-dealkylation sites (tertiary alicyclic amines) is 1. The first kappa shape index (κ1) is 18.2. The Morgan fingerprint density at radius 3 is 2.67 bits per heavy atom. The van der Waals surface area contributed by atoms with Crippen molar-refractivity contribution in [3.8, 4) is 0 Å². The van der Waals surface area contributed by atoms with Crippen LogP contribution in [0.25, 0.3) is 0 Å². The summed E-state index contributed by atoms with van der Waals surface area (Å²) in [5, 5.41) is 20.9. The van der Waals surface area contributed by atoms with Crippen LogP contribution in [-0.2, 0) is 16.1 Å². The number of carbonyl (C=O) groups is 2. The van der Waals surface area contributed by atoms with Gasteiger partial charge < -0.3 is 20.3 Å². The van der Waals surface area contributed by atoms with E-state index in [1.165, 1.54) is 0 Å². The molecule has 0 aliphatic carbocycles. The van der Waals surface area contributed by atoms with Crippen molar-refractivity contribution in [2.75, 3.05) is 26.2 Å². The van der Waals surface area contributed by atoms with Crippen LogP contribution in [-0.4, -0.2) is 59.5 Å². The maximum absolute atomic E-state index is 12.0. The number of carboxylic acids is 1. The highest BCUT2D eigenvalue weighted by Crippen LogP contribution is 2.20. The molecular formula is C17H24N2O5. The molecular weight excluding hydrogens is 312 g/mol. The Kier molecular flexibility index (Phi) is 7.02. The summed E-state index contributed by atoms with van der Waals surface area (Å²) in [6.07, 6.45) is 0.786. The molecule has 1 amide bonds. The number of benzene rings is 1. The van der Waals surface area contributed by atoms with Gasteiger partial charge in [-0.1, -0.05) is 30.3 Å². The highest BCUT2D eigenvalue weighted by atomic mass is 16.5. The quantitative estimate of drug-likeness (QED) is 0.689. The summed E-state index contributed by atoms with van der Waals surface area (Å²) in [5.41, 5.74) is 0.905. The summed E-state index contributed by atoms with van der Waals surface area (Å²) < 4.78 is 5.21. The normalized spacial score (nSPS) is 21.2. The van der Waals surface area contributed by atoms with E-state index in [9.17, 15) is 9.59 Å². The Morgan fingerprint density at radius 2 is 2.00 bits per heavy atom. The molecule has 0 aromatic heterocycles. The second-order valence-corrected chi connectivity index (χ2v) is 6.10. The van der Waals surface area contributed by atoms with Crippen molar-refractivity contribution < 1.29 is 24.5 Å². The predicted molar refractivity (Wildman–Crippen MR) is 87.4 cm³/mol. The maximum Gasteiger partial charge on any atom is 0.407 e. The molecule has 2 atom stereocenters. The number of carboxylic acid groups (broad SMARTS) is 1. The van der Waals surface area contributed by atoms with Crippen molar-refractivity contribution in [1.29, 1.82) is 0 Å². The van der Waals surface area contributed by atoms with Gasteiger partial charge in [-0.25, -0.2) is 4.79 Å². The van der Waals surface area contributed by atoms with E-state index in [0.29, 0.717) is 25.9 Å². The molecule has 1 aromatic rings. The minimum Gasteiger partial charge on any atom is -0.480 e. The van der Waals surface area contributed by atoms with Gasteiger partial charge in [0, 0.05) is 25.7 Å². The van der Waals surface area contributed by atoms with Crippen LogP contribution in [0.15, 0.2) is 30.3 Å². The van der Waals surface area contributed by atoms with Crippen LogP contribution in [0.1, 0.15) is 18.4 Å². The zero-order chi connectivity index (χ0) is 17.4. The second kappa shape index (κ2) is 9.24. The Balaban J connectivity index is 1.84. The van der Waals surface area contributed by atoms with Crippen molar-refractivity contribution in [3.63, 3.8) is 0 Å². The van der Waals surface area contributed by atoms with E-state index in [1.54, 1.807) is 4.90 Å². The lowest BCUT2D eigenvalue weighted by molar-refractivity contribution is -0.138. The summed E-state index contributed by atoms with van der Waals surface area (Å²) in [5.74, 6) is -0.743. The summed E-state index contributed by atoms with van der Waals surface area (Å²) >= 11 is 0. The van der Waals surface area contributed by atoms with Crippen LogP contribution in [0.5, 0.6) is 0 Å². The van der Waals surface area contributed by atoms with E-state index in [2.05, 4.69) is 5.32 Å². The summed E-state index contributed by atoms with van der Waals surface area (Å²) in [6.45, 7) is 1.26. The smallest absolute Gasteiger partial charge is 0.407 e. The molecule has 1 aromatic carbocycles. The number of hydrogen-bond donors (Lipinski definition) is 3. The van der Waals surface area contributed by atoms with Gasteiger partial charge in [0.15, 0.2) is 0 Å². The lowest BCUT2D eigenvalue weighted by Gasteiger charge is -2.37. The second-order valence-electron chi connectivity index (χ2n) is 6.10. The highest BCUT2D eigenvalue weighted by molar-refractivity contribution is 5.69. The number of nitrogens with zero attached hydrogens (tertiary/aromatic N) is 1. The monoisotopic (exact) mass is 336 g/mol. The first-order valence-electron chi connectivity index (χ1n) is 8.09. The molecule has 2 rings (SSSR count). The van der Waals surface area contributed by atoms with Crippen LogP contribution < -0.4 is 5.32 Å². The van der Waals surface area contributed by atoms with Gasteiger partial charge in [-0.3, -0.25) is 9.69 Å². The number of hydrogen-bond acceptors (Lipinski definition) is 5. The van der Waals surface area contributed by atoms with Crippen molar-refractivity contribution in [2.45, 2.75) is 25.5 Å². The lowest BCUT2D eigenvalue weighted by atomic mass is 9.92. The van der Waals surface area contributed by atoms with Crippen LogP contribution in [0.4, 0.5) is 4.79 Å². The van der Waals surface area contributed by atoms with E-state index in [-0.39, 0.29) is 31.7 Å². The van der Waals surface area contributed by atoms with Crippen LogP contribution in [0, 0.1) is 5.92 Å². The largest absolute Gasteiger partial charge is 0.480 e. The zero-order valence-corrected chi connectivity index (χ0v) is 13.6. The topological polar surface area (TPSA) is 99.1 Å². The van der Waals surface area contributed by atoms with Gasteiger partial charge in [0.05, 0.1) is 6.54 Å². The maximum atomic E-state index is 12.0. The SMILES string of the molecule is O=C(O)CN1CC(CCO)CC(NC(=O)OCc2ccccc2)C1. The van der Waals surface area contributed by atoms with Gasteiger partial charge in [-0.2, -0.15) is 0 Å². The third kappa shape index (κ3) is 6.17. The number of alkyl carbamates (subject to hydrolysis) is 1. The molecule has 7 nitrogen and oxygen atoms in total. The van der Waals surface area contributed by atoms with E-state index in [0.717, 1.165) is 5.56 Å². The molecule has 3 N–H and O–H groups in total. The highest BCUT2D eigenvalue weighted by Gasteiger charge is 2.29. The van der Waals surface area contributed by atoms with Crippen molar-refractivity contribution in [2.24, 2.45) is 5.92 Å². The molecule has 7 heteroatoms. The number of aliphatic hydroxyl groups is 1. The molecule has 1 aliphatic heterocycles. The van der Waals surface area contributed by atoms with E-state index >= 15 is 0 Å². The van der Waals surface area contributed by atoms with Gasteiger partial charge in [0.25, 0.3) is 0 Å². The van der Waals surface area contributed by atoms with E-state index < -0.39 is 12.1 Å². The van der Waals surface area contributed by atoms with Crippen LogP contribution in [0.3, 0.4) is 0 Å². The Hall–Kier alpha value is -2.12. The van der Waals surface area contributed by atoms with Crippen molar-refractivity contribution >= 4 is 12.1 Å². The van der Waals surface area contributed by atoms with E-state index in [1.807, 2.05) is 30.3 Å². The van der Waals surface area contributed by atoms with Gasteiger partial charge >= 0.3 is 12.1 Å². The number of piperidine rings is 1. The summed E-state index contributed by atoms with van der Waals surface area (Å²) in [7, 11) is 0. The molecule has 2 unspecified atom stereocenters. The number of aliphatic carboxylic acids is 1. The molecule has 132 valence electrons. The third-order valence-corrected chi connectivity index (χ3v) is 4.04. The minimum atomic E-state index is -0.898. The molecule has 24 heavy (non-hydrogen) atoms. The van der Waals surface area contributed by atoms with Gasteiger partial charge in [-0.05, 0) is 24.3 Å².